The van der Waals surface area contributed by atoms with Crippen molar-refractivity contribution >= 4 is 5.69 Å². The number of hydrogen-bond donors (Lipinski definition) is 1. The number of hydrogen-bond acceptors (Lipinski definition) is 3. The third-order valence-corrected chi connectivity index (χ3v) is 3.33. The molecule has 1 N–H and O–H groups in total. The van der Waals surface area contributed by atoms with Crippen LogP contribution in [-0.4, -0.2) is 32.8 Å². The highest BCUT2D eigenvalue weighted by Gasteiger charge is 2.19. The number of benzene rings is 1. The van der Waals surface area contributed by atoms with Crippen LogP contribution in [0.4, 0.5) is 5.69 Å². The minimum absolute atomic E-state index is 0.625. The molecule has 1 aliphatic heterocycles. The molecule has 3 heteroatoms. The van der Waals surface area contributed by atoms with Gasteiger partial charge in [-0.05, 0) is 31.5 Å². The molecule has 0 spiro atoms. The standard InChI is InChI=1S/C14H22N2O/c1-3-15-12-6-5-9-16(11-12)13-7-4-8-14(10-13)17-2/h4,7-8,10,12,15H,3,5-6,9,11H2,1-2H3. The molecule has 1 saturated heterocycles. The van der Waals surface area contributed by atoms with Crippen molar-refractivity contribution in [2.75, 3.05) is 31.6 Å². The molecule has 2 rings (SSSR count). The molecule has 94 valence electrons. The Morgan fingerprint density at radius 3 is 3.12 bits per heavy atom. The number of ether oxygens (including phenoxy) is 1. The molecule has 0 aliphatic carbocycles. The van der Waals surface area contributed by atoms with Gasteiger partial charge < -0.3 is 15.0 Å². The second-order valence-corrected chi connectivity index (χ2v) is 4.54. The lowest BCUT2D eigenvalue weighted by Crippen LogP contribution is -2.45. The fourth-order valence-corrected chi connectivity index (χ4v) is 2.47. The zero-order valence-corrected chi connectivity index (χ0v) is 10.8. The van der Waals surface area contributed by atoms with Crippen molar-refractivity contribution in [3.05, 3.63) is 24.3 Å². The number of nitrogens with one attached hydrogen (secondary N) is 1. The van der Waals surface area contributed by atoms with Crippen LogP contribution in [0.3, 0.4) is 0 Å². The number of piperidine rings is 1. The quantitative estimate of drug-likeness (QED) is 0.865. The molecule has 0 bridgehead atoms. The van der Waals surface area contributed by atoms with Crippen molar-refractivity contribution in [1.82, 2.24) is 5.32 Å². The van der Waals surface area contributed by atoms with Gasteiger partial charge in [0.05, 0.1) is 7.11 Å². The molecule has 1 unspecified atom stereocenters. The van der Waals surface area contributed by atoms with Gasteiger partial charge in [-0.25, -0.2) is 0 Å². The van der Waals surface area contributed by atoms with Gasteiger partial charge in [0, 0.05) is 30.9 Å². The van der Waals surface area contributed by atoms with Crippen LogP contribution in [0.5, 0.6) is 5.75 Å². The summed E-state index contributed by atoms with van der Waals surface area (Å²) >= 11 is 0. The summed E-state index contributed by atoms with van der Waals surface area (Å²) in [5.74, 6) is 0.938. The van der Waals surface area contributed by atoms with E-state index < -0.39 is 0 Å². The summed E-state index contributed by atoms with van der Waals surface area (Å²) in [5.41, 5.74) is 1.27. The van der Waals surface area contributed by atoms with Gasteiger partial charge in [-0.2, -0.15) is 0 Å². The molecular weight excluding hydrogens is 212 g/mol. The first-order chi connectivity index (χ1) is 8.33. The third kappa shape index (κ3) is 3.13. The summed E-state index contributed by atoms with van der Waals surface area (Å²) < 4.78 is 5.28. The summed E-state index contributed by atoms with van der Waals surface area (Å²) in [4.78, 5) is 2.44. The zero-order valence-electron chi connectivity index (χ0n) is 10.8. The van der Waals surface area contributed by atoms with Gasteiger partial charge in [-0.15, -0.1) is 0 Å². The number of likely N-dealkylation sites (N-methyl/N-ethyl adjacent to an activating group) is 1. The highest BCUT2D eigenvalue weighted by atomic mass is 16.5. The van der Waals surface area contributed by atoms with Crippen molar-refractivity contribution < 1.29 is 4.74 Å². The molecule has 0 saturated carbocycles. The number of rotatable bonds is 4. The highest BCUT2D eigenvalue weighted by molar-refractivity contribution is 5.51. The van der Waals surface area contributed by atoms with Gasteiger partial charge in [-0.3, -0.25) is 0 Å². The van der Waals surface area contributed by atoms with E-state index in [1.54, 1.807) is 7.11 Å². The maximum Gasteiger partial charge on any atom is 0.120 e. The molecule has 1 aromatic rings. The van der Waals surface area contributed by atoms with Gasteiger partial charge in [0.15, 0.2) is 0 Å². The normalized spacial score (nSPS) is 20.4. The van der Waals surface area contributed by atoms with Crippen LogP contribution in [0.1, 0.15) is 19.8 Å². The number of nitrogens with zero attached hydrogens (tertiary/aromatic N) is 1. The fraction of sp³-hybridized carbons (Fsp3) is 0.571. The highest BCUT2D eigenvalue weighted by Crippen LogP contribution is 2.24. The lowest BCUT2D eigenvalue weighted by atomic mass is 10.0. The zero-order chi connectivity index (χ0) is 12.1. The second-order valence-electron chi connectivity index (χ2n) is 4.54. The van der Waals surface area contributed by atoms with E-state index in [4.69, 9.17) is 4.74 Å². The minimum Gasteiger partial charge on any atom is -0.497 e. The topological polar surface area (TPSA) is 24.5 Å². The average Bonchev–Trinajstić information content (AvgIpc) is 2.40. The Morgan fingerprint density at radius 2 is 2.35 bits per heavy atom. The summed E-state index contributed by atoms with van der Waals surface area (Å²) in [7, 11) is 1.72. The average molecular weight is 234 g/mol. The van der Waals surface area contributed by atoms with E-state index in [9.17, 15) is 0 Å². The van der Waals surface area contributed by atoms with E-state index in [1.165, 1.54) is 18.5 Å². The van der Waals surface area contributed by atoms with E-state index >= 15 is 0 Å². The smallest absolute Gasteiger partial charge is 0.120 e. The molecule has 1 aromatic carbocycles. The molecule has 3 nitrogen and oxygen atoms in total. The van der Waals surface area contributed by atoms with Gasteiger partial charge in [0.1, 0.15) is 5.75 Å². The Morgan fingerprint density at radius 1 is 1.47 bits per heavy atom. The molecule has 1 heterocycles. The van der Waals surface area contributed by atoms with Crippen molar-refractivity contribution in [3.63, 3.8) is 0 Å². The lowest BCUT2D eigenvalue weighted by molar-refractivity contribution is 0.412. The maximum absolute atomic E-state index is 5.28. The fourth-order valence-electron chi connectivity index (χ4n) is 2.47. The third-order valence-electron chi connectivity index (χ3n) is 3.33. The van der Waals surface area contributed by atoms with Gasteiger partial charge in [-0.1, -0.05) is 13.0 Å². The SMILES string of the molecule is CCNC1CCCN(c2cccc(OC)c2)C1. The van der Waals surface area contributed by atoms with Crippen LogP contribution in [0.15, 0.2) is 24.3 Å². The maximum atomic E-state index is 5.28. The van der Waals surface area contributed by atoms with Crippen LogP contribution in [0, 0.1) is 0 Å². The molecular formula is C14H22N2O. The molecule has 1 atom stereocenters. The van der Waals surface area contributed by atoms with Crippen LogP contribution < -0.4 is 15.0 Å². The van der Waals surface area contributed by atoms with Crippen LogP contribution in [-0.2, 0) is 0 Å². The Labute approximate surface area is 104 Å². The molecule has 0 aromatic heterocycles. The molecule has 1 aliphatic rings. The van der Waals surface area contributed by atoms with E-state index in [0.29, 0.717) is 6.04 Å². The Kier molecular flexibility index (Phi) is 4.26. The molecule has 1 fully saturated rings. The first-order valence-corrected chi connectivity index (χ1v) is 6.46. The lowest BCUT2D eigenvalue weighted by Gasteiger charge is -2.34. The predicted octanol–water partition coefficient (Wildman–Crippen LogP) is 2.27. The van der Waals surface area contributed by atoms with E-state index in [2.05, 4.69) is 35.3 Å². The Bertz CT molecular complexity index is 352. The van der Waals surface area contributed by atoms with E-state index in [-0.39, 0.29) is 0 Å². The first kappa shape index (κ1) is 12.2. The van der Waals surface area contributed by atoms with Crippen LogP contribution in [0.25, 0.3) is 0 Å². The summed E-state index contributed by atoms with van der Waals surface area (Å²) in [6.07, 6.45) is 2.54. The van der Waals surface area contributed by atoms with E-state index in [1.807, 2.05) is 6.07 Å². The number of anilines is 1. The van der Waals surface area contributed by atoms with Gasteiger partial charge >= 0.3 is 0 Å². The van der Waals surface area contributed by atoms with Crippen molar-refractivity contribution in [3.8, 4) is 5.75 Å². The van der Waals surface area contributed by atoms with Crippen molar-refractivity contribution in [2.24, 2.45) is 0 Å². The van der Waals surface area contributed by atoms with Gasteiger partial charge in [0.2, 0.25) is 0 Å². The molecule has 0 amide bonds. The van der Waals surface area contributed by atoms with Gasteiger partial charge in [0.25, 0.3) is 0 Å². The second kappa shape index (κ2) is 5.92. The largest absolute Gasteiger partial charge is 0.497 e. The Hall–Kier alpha value is -1.22. The minimum atomic E-state index is 0.625. The molecule has 0 radical (unpaired) electrons. The Balaban J connectivity index is 2.05. The van der Waals surface area contributed by atoms with Crippen LogP contribution >= 0.6 is 0 Å². The summed E-state index contributed by atoms with van der Waals surface area (Å²) in [6, 6.07) is 8.96. The summed E-state index contributed by atoms with van der Waals surface area (Å²) in [5, 5.41) is 3.54. The predicted molar refractivity (Wildman–Crippen MR) is 71.9 cm³/mol. The molecule has 17 heavy (non-hydrogen) atoms. The van der Waals surface area contributed by atoms with Crippen LogP contribution in [0.2, 0.25) is 0 Å². The number of methoxy groups -OCH3 is 1. The van der Waals surface area contributed by atoms with Crippen molar-refractivity contribution in [1.29, 1.82) is 0 Å². The monoisotopic (exact) mass is 234 g/mol. The van der Waals surface area contributed by atoms with E-state index in [0.717, 1.165) is 25.4 Å². The first-order valence-electron chi connectivity index (χ1n) is 6.46. The summed E-state index contributed by atoms with van der Waals surface area (Å²) in [6.45, 7) is 5.47. The van der Waals surface area contributed by atoms with Crippen molar-refractivity contribution in [2.45, 2.75) is 25.8 Å².